The zero-order valence-corrected chi connectivity index (χ0v) is 11.6. The van der Waals surface area contributed by atoms with Crippen LogP contribution in [0.2, 0.25) is 0 Å². The summed E-state index contributed by atoms with van der Waals surface area (Å²) < 4.78 is 0. The highest BCUT2D eigenvalue weighted by Gasteiger charge is 2.21. The highest BCUT2D eigenvalue weighted by molar-refractivity contribution is 5.73. The predicted octanol–water partition coefficient (Wildman–Crippen LogP) is 2.04. The van der Waals surface area contributed by atoms with E-state index in [1.165, 1.54) is 6.08 Å². The molecule has 4 heteroatoms. The summed E-state index contributed by atoms with van der Waals surface area (Å²) >= 11 is 0. The summed E-state index contributed by atoms with van der Waals surface area (Å²) in [6.45, 7) is 1.96. The van der Waals surface area contributed by atoms with E-state index in [0.29, 0.717) is 6.42 Å². The lowest BCUT2D eigenvalue weighted by atomic mass is 9.84. The molecular formula is C16H21NO3. The van der Waals surface area contributed by atoms with Crippen LogP contribution in [0.25, 0.3) is 0 Å². The Labute approximate surface area is 119 Å². The fraction of sp³-hybridized carbons (Fsp3) is 0.375. The summed E-state index contributed by atoms with van der Waals surface area (Å²) in [4.78, 5) is 21.3. The van der Waals surface area contributed by atoms with Crippen LogP contribution in [0.4, 0.5) is 0 Å². The fourth-order valence-electron chi connectivity index (χ4n) is 2.21. The zero-order chi connectivity index (χ0) is 15.0. The molecule has 0 aliphatic carbocycles. The molecule has 0 aliphatic rings. The maximum absolute atomic E-state index is 10.8. The molecule has 0 aliphatic heterocycles. The van der Waals surface area contributed by atoms with Crippen molar-refractivity contribution in [1.82, 2.24) is 0 Å². The van der Waals surface area contributed by atoms with Crippen molar-refractivity contribution in [3.05, 3.63) is 48.0 Å². The summed E-state index contributed by atoms with van der Waals surface area (Å²) in [5.74, 6) is -0.819. The third-order valence-electron chi connectivity index (χ3n) is 3.42. The van der Waals surface area contributed by atoms with Gasteiger partial charge >= 0.3 is 5.97 Å². The molecule has 1 rings (SSSR count). The fourth-order valence-corrected chi connectivity index (χ4v) is 2.21. The minimum Gasteiger partial charge on any atom is -0.480 e. The minimum absolute atomic E-state index is 0.0810. The number of allylic oxidation sites excluding steroid dienone is 2. The third kappa shape index (κ3) is 5.36. The van der Waals surface area contributed by atoms with E-state index in [0.717, 1.165) is 18.3 Å². The number of nitrogens with two attached hydrogens (primary N) is 1. The van der Waals surface area contributed by atoms with Crippen LogP contribution in [0.3, 0.4) is 0 Å². The summed E-state index contributed by atoms with van der Waals surface area (Å²) in [7, 11) is 0. The molecule has 0 radical (unpaired) electrons. The van der Waals surface area contributed by atoms with E-state index in [-0.39, 0.29) is 11.8 Å². The van der Waals surface area contributed by atoms with Crippen molar-refractivity contribution in [1.29, 1.82) is 0 Å². The van der Waals surface area contributed by atoms with Gasteiger partial charge < -0.3 is 10.8 Å². The van der Waals surface area contributed by atoms with Gasteiger partial charge in [-0.3, -0.25) is 9.59 Å². The van der Waals surface area contributed by atoms with Crippen LogP contribution >= 0.6 is 0 Å². The molecular weight excluding hydrogens is 254 g/mol. The van der Waals surface area contributed by atoms with Gasteiger partial charge in [-0.05, 0) is 36.3 Å². The lowest BCUT2D eigenvalue weighted by Crippen LogP contribution is -2.33. The van der Waals surface area contributed by atoms with Crippen molar-refractivity contribution in [2.75, 3.05) is 0 Å². The van der Waals surface area contributed by atoms with Crippen molar-refractivity contribution >= 4 is 12.3 Å². The molecule has 0 fully saturated rings. The molecule has 1 aromatic rings. The summed E-state index contributed by atoms with van der Waals surface area (Å²) in [6, 6.07) is 9.04. The molecule has 2 unspecified atom stereocenters. The van der Waals surface area contributed by atoms with Crippen LogP contribution < -0.4 is 5.73 Å². The number of benzene rings is 1. The molecule has 0 bridgehead atoms. The number of carboxylic acids is 1. The first-order valence-electron chi connectivity index (χ1n) is 6.69. The second kappa shape index (κ2) is 8.27. The Kier molecular flexibility index (Phi) is 6.67. The molecule has 0 amide bonds. The van der Waals surface area contributed by atoms with Gasteiger partial charge in [0.05, 0.1) is 0 Å². The monoisotopic (exact) mass is 275 g/mol. The summed E-state index contributed by atoms with van der Waals surface area (Å²) in [6.07, 6.45) is 5.19. The number of hydrogen-bond donors (Lipinski definition) is 2. The first kappa shape index (κ1) is 16.1. The second-order valence-electron chi connectivity index (χ2n) is 5.03. The molecule has 3 atom stereocenters. The first-order chi connectivity index (χ1) is 9.54. The minimum atomic E-state index is -0.991. The standard InChI is InChI=1S/C16H21NO3/c1-12(10-15(17)16(19)20)14(8-5-9-18)11-13-6-3-2-4-7-13/h2-9,12,14-15H,10-11,17H2,1H3,(H,19,20)/t12?,14?,15-/m0/s1. The Hall–Kier alpha value is -1.94. The Bertz CT molecular complexity index is 456. The molecule has 20 heavy (non-hydrogen) atoms. The van der Waals surface area contributed by atoms with E-state index in [1.54, 1.807) is 0 Å². The van der Waals surface area contributed by atoms with Gasteiger partial charge in [0, 0.05) is 0 Å². The number of aldehydes is 1. The van der Waals surface area contributed by atoms with Crippen LogP contribution in [-0.4, -0.2) is 23.4 Å². The molecule has 0 saturated carbocycles. The van der Waals surface area contributed by atoms with Crippen molar-refractivity contribution in [3.63, 3.8) is 0 Å². The van der Waals surface area contributed by atoms with E-state index in [4.69, 9.17) is 10.8 Å². The molecule has 0 heterocycles. The smallest absolute Gasteiger partial charge is 0.320 e. The lowest BCUT2D eigenvalue weighted by Gasteiger charge is -2.22. The van der Waals surface area contributed by atoms with Gasteiger partial charge in [0.1, 0.15) is 12.3 Å². The maximum Gasteiger partial charge on any atom is 0.320 e. The van der Waals surface area contributed by atoms with E-state index in [2.05, 4.69) is 0 Å². The van der Waals surface area contributed by atoms with E-state index < -0.39 is 12.0 Å². The zero-order valence-electron chi connectivity index (χ0n) is 11.6. The summed E-state index contributed by atoms with van der Waals surface area (Å²) in [5.41, 5.74) is 6.74. The van der Waals surface area contributed by atoms with Crippen LogP contribution in [0.15, 0.2) is 42.5 Å². The first-order valence-corrected chi connectivity index (χ1v) is 6.69. The molecule has 1 aromatic carbocycles. The number of carboxylic acid groups (broad SMARTS) is 1. The van der Waals surface area contributed by atoms with Gasteiger partial charge in [0.25, 0.3) is 0 Å². The van der Waals surface area contributed by atoms with Crippen LogP contribution in [0.1, 0.15) is 18.9 Å². The Balaban J connectivity index is 2.75. The average molecular weight is 275 g/mol. The van der Waals surface area contributed by atoms with Crippen molar-refractivity contribution in [3.8, 4) is 0 Å². The molecule has 4 nitrogen and oxygen atoms in total. The number of carbonyl (C=O) groups excluding carboxylic acids is 1. The molecule has 3 N–H and O–H groups in total. The molecule has 108 valence electrons. The predicted molar refractivity (Wildman–Crippen MR) is 78.2 cm³/mol. The highest BCUT2D eigenvalue weighted by Crippen LogP contribution is 2.23. The van der Waals surface area contributed by atoms with Gasteiger partial charge in [-0.2, -0.15) is 0 Å². The Morgan fingerprint density at radius 1 is 1.35 bits per heavy atom. The van der Waals surface area contributed by atoms with Gasteiger partial charge in [-0.15, -0.1) is 0 Å². The van der Waals surface area contributed by atoms with Crippen molar-refractivity contribution < 1.29 is 14.7 Å². The average Bonchev–Trinajstić information content (AvgIpc) is 2.44. The van der Waals surface area contributed by atoms with Gasteiger partial charge in [-0.25, -0.2) is 0 Å². The van der Waals surface area contributed by atoms with E-state index in [1.807, 2.05) is 43.3 Å². The topological polar surface area (TPSA) is 80.4 Å². The SMILES string of the molecule is CC(C[C@H](N)C(=O)O)C(C=CC=O)Cc1ccccc1. The van der Waals surface area contributed by atoms with Crippen LogP contribution in [-0.2, 0) is 16.0 Å². The van der Waals surface area contributed by atoms with Crippen LogP contribution in [0, 0.1) is 11.8 Å². The Morgan fingerprint density at radius 2 is 2.00 bits per heavy atom. The van der Waals surface area contributed by atoms with Crippen molar-refractivity contribution in [2.24, 2.45) is 17.6 Å². The van der Waals surface area contributed by atoms with Gasteiger partial charge in [-0.1, -0.05) is 43.3 Å². The quantitative estimate of drug-likeness (QED) is 0.562. The highest BCUT2D eigenvalue weighted by atomic mass is 16.4. The maximum atomic E-state index is 10.8. The third-order valence-corrected chi connectivity index (χ3v) is 3.42. The normalized spacial score (nSPS) is 15.7. The molecule has 0 saturated heterocycles. The van der Waals surface area contributed by atoms with Gasteiger partial charge in [0.15, 0.2) is 0 Å². The van der Waals surface area contributed by atoms with Crippen molar-refractivity contribution in [2.45, 2.75) is 25.8 Å². The van der Waals surface area contributed by atoms with E-state index in [9.17, 15) is 9.59 Å². The molecule has 0 aromatic heterocycles. The second-order valence-corrected chi connectivity index (χ2v) is 5.03. The number of carbonyl (C=O) groups is 2. The largest absolute Gasteiger partial charge is 0.480 e. The van der Waals surface area contributed by atoms with E-state index >= 15 is 0 Å². The number of aliphatic carboxylic acids is 1. The Morgan fingerprint density at radius 3 is 2.55 bits per heavy atom. The number of hydrogen-bond acceptors (Lipinski definition) is 3. The van der Waals surface area contributed by atoms with Crippen LogP contribution in [0.5, 0.6) is 0 Å². The number of rotatable bonds is 8. The van der Waals surface area contributed by atoms with Gasteiger partial charge in [0.2, 0.25) is 0 Å². The molecule has 0 spiro atoms. The summed E-state index contributed by atoms with van der Waals surface area (Å²) in [5, 5.41) is 8.88. The lowest BCUT2D eigenvalue weighted by molar-refractivity contribution is -0.139.